The summed E-state index contributed by atoms with van der Waals surface area (Å²) >= 11 is 3.46. The molecule has 17 heavy (non-hydrogen) atoms. The van der Waals surface area contributed by atoms with E-state index in [-0.39, 0.29) is 0 Å². The highest BCUT2D eigenvalue weighted by atomic mass is 79.9. The van der Waals surface area contributed by atoms with Gasteiger partial charge in [-0.1, -0.05) is 0 Å². The van der Waals surface area contributed by atoms with Crippen LogP contribution >= 0.6 is 15.9 Å². The van der Waals surface area contributed by atoms with Gasteiger partial charge in [-0.05, 0) is 47.3 Å². The third-order valence-electron chi connectivity index (χ3n) is 3.26. The van der Waals surface area contributed by atoms with Crippen LogP contribution in [0, 0.1) is 6.92 Å². The second-order valence-corrected chi connectivity index (χ2v) is 5.48. The fraction of sp³-hybridized carbons (Fsp3) is 0.538. The van der Waals surface area contributed by atoms with Crippen molar-refractivity contribution in [2.45, 2.75) is 31.8 Å². The summed E-state index contributed by atoms with van der Waals surface area (Å²) in [6.07, 6.45) is 2.37. The van der Waals surface area contributed by atoms with Gasteiger partial charge in [0.25, 0.3) is 0 Å². The molecule has 1 N–H and O–H groups in total. The standard InChI is InChI=1S/C13H17BrO3/c1-8-6-10(14)12(17-3)11(16-2)9(8)7-13(15)4-5-13/h6,15H,4-5,7H2,1-3H3. The second kappa shape index (κ2) is 4.50. The quantitative estimate of drug-likeness (QED) is 0.929. The zero-order valence-electron chi connectivity index (χ0n) is 10.3. The molecule has 0 saturated heterocycles. The lowest BCUT2D eigenvalue weighted by atomic mass is 9.99. The van der Waals surface area contributed by atoms with Gasteiger partial charge in [0.15, 0.2) is 11.5 Å². The van der Waals surface area contributed by atoms with Crippen molar-refractivity contribution in [3.63, 3.8) is 0 Å². The number of hydrogen-bond acceptors (Lipinski definition) is 3. The Hall–Kier alpha value is -0.740. The Kier molecular flexibility index (Phi) is 3.36. The first-order valence-electron chi connectivity index (χ1n) is 5.63. The van der Waals surface area contributed by atoms with Gasteiger partial charge in [0, 0.05) is 12.0 Å². The molecule has 0 spiro atoms. The molecule has 0 aromatic heterocycles. The molecule has 1 fully saturated rings. The average molecular weight is 301 g/mol. The van der Waals surface area contributed by atoms with Crippen molar-refractivity contribution in [2.75, 3.05) is 14.2 Å². The van der Waals surface area contributed by atoms with Crippen LogP contribution in [0.1, 0.15) is 24.0 Å². The molecule has 94 valence electrons. The molecule has 0 aliphatic heterocycles. The number of benzene rings is 1. The lowest BCUT2D eigenvalue weighted by Crippen LogP contribution is -2.13. The number of rotatable bonds is 4. The van der Waals surface area contributed by atoms with Crippen molar-refractivity contribution in [1.29, 1.82) is 0 Å². The first-order chi connectivity index (χ1) is 8.00. The number of halogens is 1. The van der Waals surface area contributed by atoms with Crippen LogP contribution in [0.2, 0.25) is 0 Å². The van der Waals surface area contributed by atoms with E-state index >= 15 is 0 Å². The molecule has 0 amide bonds. The average Bonchev–Trinajstić information content (AvgIpc) is 3.00. The molecule has 0 radical (unpaired) electrons. The van der Waals surface area contributed by atoms with Crippen molar-refractivity contribution in [2.24, 2.45) is 0 Å². The third kappa shape index (κ3) is 2.43. The summed E-state index contributed by atoms with van der Waals surface area (Å²) < 4.78 is 11.7. The van der Waals surface area contributed by atoms with E-state index in [1.165, 1.54) is 0 Å². The van der Waals surface area contributed by atoms with Crippen LogP contribution in [0.4, 0.5) is 0 Å². The fourth-order valence-electron chi connectivity index (χ4n) is 2.04. The lowest BCUT2D eigenvalue weighted by Gasteiger charge is -2.18. The van der Waals surface area contributed by atoms with E-state index in [1.54, 1.807) is 14.2 Å². The zero-order chi connectivity index (χ0) is 12.6. The van der Waals surface area contributed by atoms with Crippen molar-refractivity contribution < 1.29 is 14.6 Å². The molecule has 1 saturated carbocycles. The van der Waals surface area contributed by atoms with Gasteiger partial charge in [-0.2, -0.15) is 0 Å². The van der Waals surface area contributed by atoms with Crippen LogP contribution in [-0.2, 0) is 6.42 Å². The molecule has 2 rings (SSSR count). The minimum Gasteiger partial charge on any atom is -0.493 e. The van der Waals surface area contributed by atoms with Crippen LogP contribution in [0.5, 0.6) is 11.5 Å². The van der Waals surface area contributed by atoms with E-state index in [4.69, 9.17) is 9.47 Å². The molecule has 1 aliphatic carbocycles. The van der Waals surface area contributed by atoms with Gasteiger partial charge in [-0.15, -0.1) is 0 Å². The van der Waals surface area contributed by atoms with E-state index < -0.39 is 5.60 Å². The lowest BCUT2D eigenvalue weighted by molar-refractivity contribution is 0.149. The summed E-state index contributed by atoms with van der Waals surface area (Å²) in [5.74, 6) is 1.41. The summed E-state index contributed by atoms with van der Waals surface area (Å²) in [5.41, 5.74) is 1.61. The predicted molar refractivity (Wildman–Crippen MR) is 69.9 cm³/mol. The first kappa shape index (κ1) is 12.7. The molecule has 0 atom stereocenters. The van der Waals surface area contributed by atoms with Crippen LogP contribution in [0.25, 0.3) is 0 Å². The first-order valence-corrected chi connectivity index (χ1v) is 6.42. The molecule has 4 heteroatoms. The van der Waals surface area contributed by atoms with Gasteiger partial charge in [-0.3, -0.25) is 0 Å². The molecule has 1 aromatic rings. The summed E-state index contributed by atoms with van der Waals surface area (Å²) in [6, 6.07) is 2.00. The topological polar surface area (TPSA) is 38.7 Å². The number of methoxy groups -OCH3 is 2. The number of aliphatic hydroxyl groups is 1. The summed E-state index contributed by atoms with van der Waals surface area (Å²) in [5, 5.41) is 10.1. The van der Waals surface area contributed by atoms with Crippen LogP contribution in [0.15, 0.2) is 10.5 Å². The highest BCUT2D eigenvalue weighted by Gasteiger charge is 2.41. The predicted octanol–water partition coefficient (Wildman–Crippen LogP) is 2.84. The maximum absolute atomic E-state index is 10.1. The van der Waals surface area contributed by atoms with Gasteiger partial charge in [0.05, 0.1) is 24.3 Å². The van der Waals surface area contributed by atoms with Gasteiger partial charge < -0.3 is 14.6 Å². The minimum atomic E-state index is -0.531. The van der Waals surface area contributed by atoms with Gasteiger partial charge in [-0.25, -0.2) is 0 Å². The Bertz CT molecular complexity index is 439. The van der Waals surface area contributed by atoms with Crippen LogP contribution in [-0.4, -0.2) is 24.9 Å². The summed E-state index contributed by atoms with van der Waals surface area (Å²) in [4.78, 5) is 0. The summed E-state index contributed by atoms with van der Waals surface area (Å²) in [6.45, 7) is 2.02. The highest BCUT2D eigenvalue weighted by Crippen LogP contribution is 2.45. The molecule has 3 nitrogen and oxygen atoms in total. The van der Waals surface area contributed by atoms with Gasteiger partial charge >= 0.3 is 0 Å². The number of aryl methyl sites for hydroxylation is 1. The van der Waals surface area contributed by atoms with Gasteiger partial charge in [0.1, 0.15) is 0 Å². The molecular weight excluding hydrogens is 284 g/mol. The number of hydrogen-bond donors (Lipinski definition) is 1. The van der Waals surface area contributed by atoms with Gasteiger partial charge in [0.2, 0.25) is 0 Å². The molecule has 1 aliphatic rings. The van der Waals surface area contributed by atoms with E-state index in [2.05, 4.69) is 15.9 Å². The molecule has 0 bridgehead atoms. The van der Waals surface area contributed by atoms with Crippen LogP contribution < -0.4 is 9.47 Å². The van der Waals surface area contributed by atoms with E-state index in [1.807, 2.05) is 13.0 Å². The van der Waals surface area contributed by atoms with E-state index in [9.17, 15) is 5.11 Å². The Labute approximate surface area is 110 Å². The van der Waals surface area contributed by atoms with Crippen molar-refractivity contribution in [3.8, 4) is 11.5 Å². The molecular formula is C13H17BrO3. The van der Waals surface area contributed by atoms with Crippen molar-refractivity contribution in [1.82, 2.24) is 0 Å². The third-order valence-corrected chi connectivity index (χ3v) is 3.85. The fourth-order valence-corrected chi connectivity index (χ4v) is 2.73. The number of ether oxygens (including phenoxy) is 2. The Morgan fingerprint density at radius 3 is 2.35 bits per heavy atom. The maximum Gasteiger partial charge on any atom is 0.175 e. The molecule has 0 heterocycles. The Morgan fingerprint density at radius 1 is 1.29 bits per heavy atom. The molecule has 0 unspecified atom stereocenters. The van der Waals surface area contributed by atoms with E-state index in [0.717, 1.165) is 34.2 Å². The SMILES string of the molecule is COc1c(Br)cc(C)c(CC2(O)CC2)c1OC. The normalized spacial score (nSPS) is 16.8. The van der Waals surface area contributed by atoms with Crippen molar-refractivity contribution in [3.05, 3.63) is 21.7 Å². The second-order valence-electron chi connectivity index (χ2n) is 4.62. The minimum absolute atomic E-state index is 0.531. The highest BCUT2D eigenvalue weighted by molar-refractivity contribution is 9.10. The summed E-state index contributed by atoms with van der Waals surface area (Å²) in [7, 11) is 3.25. The van der Waals surface area contributed by atoms with Crippen molar-refractivity contribution >= 4 is 15.9 Å². The molecule has 1 aromatic carbocycles. The smallest absolute Gasteiger partial charge is 0.175 e. The zero-order valence-corrected chi connectivity index (χ0v) is 11.9. The maximum atomic E-state index is 10.1. The monoisotopic (exact) mass is 300 g/mol. The van der Waals surface area contributed by atoms with E-state index in [0.29, 0.717) is 12.2 Å². The van der Waals surface area contributed by atoms with Crippen LogP contribution in [0.3, 0.4) is 0 Å². The Balaban J connectivity index is 2.48. The Morgan fingerprint density at radius 2 is 1.88 bits per heavy atom. The largest absolute Gasteiger partial charge is 0.493 e.